The monoisotopic (exact) mass is 288 g/mol. The Balaban J connectivity index is 2.32. The molecule has 1 aliphatic rings. The van der Waals surface area contributed by atoms with Gasteiger partial charge in [-0.2, -0.15) is 13.2 Å². The number of alkyl halides is 3. The number of nitrogens with zero attached hydrogens (tertiary/aromatic N) is 1. The van der Waals surface area contributed by atoms with Gasteiger partial charge in [-0.1, -0.05) is 0 Å². The molecule has 0 aliphatic heterocycles. The number of hydrogen-bond donors (Lipinski definition) is 1. The van der Waals surface area contributed by atoms with Crippen molar-refractivity contribution in [2.75, 3.05) is 24.3 Å². The first-order valence-corrected chi connectivity index (χ1v) is 6.13. The minimum absolute atomic E-state index is 0.0813. The number of halogens is 3. The second-order valence-electron chi connectivity index (χ2n) is 4.74. The maximum atomic E-state index is 12.6. The van der Waals surface area contributed by atoms with Crippen molar-refractivity contribution in [1.29, 1.82) is 0 Å². The summed E-state index contributed by atoms with van der Waals surface area (Å²) in [5.74, 6) is -0.660. The van der Waals surface area contributed by atoms with Gasteiger partial charge in [0.25, 0.3) is 0 Å². The number of carbonyl (C=O) groups is 1. The fourth-order valence-corrected chi connectivity index (χ4v) is 2.02. The lowest BCUT2D eigenvalue weighted by Crippen LogP contribution is -2.36. The van der Waals surface area contributed by atoms with Crippen LogP contribution >= 0.6 is 0 Å². The number of methoxy groups -OCH3 is 1. The largest absolute Gasteiger partial charge is 0.465 e. The van der Waals surface area contributed by atoms with Crippen molar-refractivity contribution in [3.05, 3.63) is 23.8 Å². The van der Waals surface area contributed by atoms with Gasteiger partial charge in [0.05, 0.1) is 12.7 Å². The zero-order valence-corrected chi connectivity index (χ0v) is 10.9. The summed E-state index contributed by atoms with van der Waals surface area (Å²) in [4.78, 5) is 12.8. The van der Waals surface area contributed by atoms with Crippen LogP contribution in [0.15, 0.2) is 18.2 Å². The molecule has 0 spiro atoms. The summed E-state index contributed by atoms with van der Waals surface area (Å²) in [6.45, 7) is -1.04. The molecule has 7 heteroatoms. The van der Waals surface area contributed by atoms with Crippen molar-refractivity contribution in [3.8, 4) is 0 Å². The number of anilines is 2. The van der Waals surface area contributed by atoms with Crippen molar-refractivity contribution < 1.29 is 22.7 Å². The van der Waals surface area contributed by atoms with Gasteiger partial charge in [-0.15, -0.1) is 0 Å². The summed E-state index contributed by atoms with van der Waals surface area (Å²) >= 11 is 0. The summed E-state index contributed by atoms with van der Waals surface area (Å²) in [5.41, 5.74) is 6.24. The molecule has 1 saturated carbocycles. The molecule has 1 aromatic rings. The molecule has 0 atom stereocenters. The number of esters is 1. The van der Waals surface area contributed by atoms with Crippen LogP contribution in [-0.4, -0.2) is 31.8 Å². The molecule has 2 N–H and O–H groups in total. The first-order chi connectivity index (χ1) is 9.31. The smallest absolute Gasteiger partial charge is 0.405 e. The molecule has 0 aromatic heterocycles. The third-order valence-electron chi connectivity index (χ3n) is 3.11. The molecule has 0 unspecified atom stereocenters. The van der Waals surface area contributed by atoms with Crippen molar-refractivity contribution in [2.45, 2.75) is 25.1 Å². The van der Waals surface area contributed by atoms with Crippen LogP contribution in [0.2, 0.25) is 0 Å². The van der Waals surface area contributed by atoms with Crippen LogP contribution in [-0.2, 0) is 4.74 Å². The standard InChI is InChI=1S/C13H15F3N2O2/c1-20-12(19)10-6-9(4-5-11(10)17)18(8-2-3-8)7-13(14,15)16/h4-6,8H,2-3,7,17H2,1H3. The Morgan fingerprint density at radius 1 is 1.45 bits per heavy atom. The number of benzene rings is 1. The number of carbonyl (C=O) groups excluding carboxylic acids is 1. The van der Waals surface area contributed by atoms with E-state index in [2.05, 4.69) is 4.74 Å². The van der Waals surface area contributed by atoms with Gasteiger partial charge in [-0.05, 0) is 31.0 Å². The predicted octanol–water partition coefficient (Wildman–Crippen LogP) is 2.59. The summed E-state index contributed by atoms with van der Waals surface area (Å²) in [6.07, 6.45) is -2.86. The summed E-state index contributed by atoms with van der Waals surface area (Å²) < 4.78 is 42.4. The molecule has 1 aromatic carbocycles. The van der Waals surface area contributed by atoms with Crippen LogP contribution in [0.4, 0.5) is 24.5 Å². The number of nitrogen functional groups attached to an aromatic ring is 1. The first kappa shape index (κ1) is 14.5. The van der Waals surface area contributed by atoms with Gasteiger partial charge < -0.3 is 15.4 Å². The Morgan fingerprint density at radius 2 is 2.10 bits per heavy atom. The highest BCUT2D eigenvalue weighted by molar-refractivity contribution is 5.96. The molecule has 1 fully saturated rings. The summed E-state index contributed by atoms with van der Waals surface area (Å²) in [5, 5.41) is 0. The first-order valence-electron chi connectivity index (χ1n) is 6.13. The minimum Gasteiger partial charge on any atom is -0.465 e. The lowest BCUT2D eigenvalue weighted by atomic mass is 10.1. The second-order valence-corrected chi connectivity index (χ2v) is 4.74. The lowest BCUT2D eigenvalue weighted by molar-refractivity contribution is -0.120. The average molecular weight is 288 g/mol. The van der Waals surface area contributed by atoms with Crippen LogP contribution in [0.5, 0.6) is 0 Å². The third kappa shape index (κ3) is 3.34. The molecule has 0 saturated heterocycles. The second kappa shape index (κ2) is 5.22. The van der Waals surface area contributed by atoms with Gasteiger partial charge in [-0.25, -0.2) is 4.79 Å². The molecular weight excluding hydrogens is 273 g/mol. The molecule has 1 aliphatic carbocycles. The Kier molecular flexibility index (Phi) is 3.78. The van der Waals surface area contributed by atoms with Crippen LogP contribution in [0.1, 0.15) is 23.2 Å². The van der Waals surface area contributed by atoms with E-state index in [0.717, 1.165) is 0 Å². The number of ether oxygens (including phenoxy) is 1. The van der Waals surface area contributed by atoms with E-state index >= 15 is 0 Å². The number of hydrogen-bond acceptors (Lipinski definition) is 4. The fraction of sp³-hybridized carbons (Fsp3) is 0.462. The zero-order chi connectivity index (χ0) is 14.9. The highest BCUT2D eigenvalue weighted by Crippen LogP contribution is 2.35. The van der Waals surface area contributed by atoms with E-state index in [1.807, 2.05) is 0 Å². The van der Waals surface area contributed by atoms with Crippen LogP contribution < -0.4 is 10.6 Å². The van der Waals surface area contributed by atoms with E-state index in [4.69, 9.17) is 5.73 Å². The van der Waals surface area contributed by atoms with E-state index in [-0.39, 0.29) is 17.3 Å². The summed E-state index contributed by atoms with van der Waals surface area (Å²) in [6, 6.07) is 4.13. The van der Waals surface area contributed by atoms with Gasteiger partial charge >= 0.3 is 12.1 Å². The van der Waals surface area contributed by atoms with E-state index in [1.165, 1.54) is 30.2 Å². The maximum Gasteiger partial charge on any atom is 0.405 e. The Labute approximate surface area is 114 Å². The van der Waals surface area contributed by atoms with E-state index in [0.29, 0.717) is 18.5 Å². The SMILES string of the molecule is COC(=O)c1cc(N(CC(F)(F)F)C2CC2)ccc1N. The lowest BCUT2D eigenvalue weighted by Gasteiger charge is -2.26. The van der Waals surface area contributed by atoms with E-state index in [1.54, 1.807) is 0 Å². The van der Waals surface area contributed by atoms with Gasteiger partial charge in [-0.3, -0.25) is 0 Å². The van der Waals surface area contributed by atoms with Crippen LogP contribution in [0.25, 0.3) is 0 Å². The van der Waals surface area contributed by atoms with Crippen LogP contribution in [0, 0.1) is 0 Å². The highest BCUT2D eigenvalue weighted by Gasteiger charge is 2.38. The van der Waals surface area contributed by atoms with Crippen molar-refractivity contribution in [3.63, 3.8) is 0 Å². The normalized spacial score (nSPS) is 15.0. The van der Waals surface area contributed by atoms with Gasteiger partial charge in [0, 0.05) is 17.4 Å². The molecular formula is C13H15F3N2O2. The topological polar surface area (TPSA) is 55.6 Å². The number of rotatable bonds is 4. The zero-order valence-electron chi connectivity index (χ0n) is 10.9. The average Bonchev–Trinajstić information content (AvgIpc) is 3.19. The summed E-state index contributed by atoms with van der Waals surface area (Å²) in [7, 11) is 1.20. The Bertz CT molecular complexity index is 513. The van der Waals surface area contributed by atoms with Crippen molar-refractivity contribution >= 4 is 17.3 Å². The molecule has 0 heterocycles. The van der Waals surface area contributed by atoms with E-state index in [9.17, 15) is 18.0 Å². The van der Waals surface area contributed by atoms with Crippen molar-refractivity contribution in [2.24, 2.45) is 0 Å². The quantitative estimate of drug-likeness (QED) is 0.683. The van der Waals surface area contributed by atoms with E-state index < -0.39 is 18.7 Å². The Hall–Kier alpha value is -1.92. The van der Waals surface area contributed by atoms with Gasteiger partial charge in [0.15, 0.2) is 0 Å². The molecule has 0 amide bonds. The van der Waals surface area contributed by atoms with Gasteiger partial charge in [0.1, 0.15) is 6.54 Å². The number of nitrogens with two attached hydrogens (primary N) is 1. The molecule has 4 nitrogen and oxygen atoms in total. The minimum atomic E-state index is -4.30. The molecule has 0 radical (unpaired) electrons. The fourth-order valence-electron chi connectivity index (χ4n) is 2.02. The Morgan fingerprint density at radius 3 is 2.60 bits per heavy atom. The van der Waals surface area contributed by atoms with Crippen LogP contribution in [0.3, 0.4) is 0 Å². The molecule has 2 rings (SSSR count). The maximum absolute atomic E-state index is 12.6. The predicted molar refractivity (Wildman–Crippen MR) is 68.6 cm³/mol. The third-order valence-corrected chi connectivity index (χ3v) is 3.11. The molecule has 0 bridgehead atoms. The molecule has 110 valence electrons. The van der Waals surface area contributed by atoms with Crippen molar-refractivity contribution in [1.82, 2.24) is 0 Å². The highest BCUT2D eigenvalue weighted by atomic mass is 19.4. The molecule has 20 heavy (non-hydrogen) atoms. The van der Waals surface area contributed by atoms with Gasteiger partial charge in [0.2, 0.25) is 0 Å².